The van der Waals surface area contributed by atoms with Crippen molar-refractivity contribution in [3.63, 3.8) is 0 Å². The van der Waals surface area contributed by atoms with E-state index in [1.807, 2.05) is 18.2 Å². The Labute approximate surface area is 171 Å². The van der Waals surface area contributed by atoms with E-state index in [4.69, 9.17) is 21.1 Å². The highest BCUT2D eigenvalue weighted by Gasteiger charge is 2.51. The average Bonchev–Trinajstić information content (AvgIpc) is 3.41. The Morgan fingerprint density at radius 1 is 1.07 bits per heavy atom. The molecule has 1 aliphatic carbocycles. The first kappa shape index (κ1) is 17.9. The number of halogens is 2. The van der Waals surface area contributed by atoms with Gasteiger partial charge < -0.3 is 14.8 Å². The predicted octanol–water partition coefficient (Wildman–Crippen LogP) is 4.94. The normalized spacial score (nSPS) is 15.8. The first-order valence-electron chi connectivity index (χ1n) is 9.19. The first-order chi connectivity index (χ1) is 14.0. The predicted molar refractivity (Wildman–Crippen MR) is 107 cm³/mol. The van der Waals surface area contributed by atoms with Crippen LogP contribution in [0, 0.1) is 5.82 Å². The van der Waals surface area contributed by atoms with Crippen LogP contribution in [0.25, 0.3) is 11.3 Å². The molecule has 0 radical (unpaired) electrons. The van der Waals surface area contributed by atoms with Crippen molar-refractivity contribution in [1.82, 2.24) is 4.98 Å². The number of pyridine rings is 1. The zero-order valence-electron chi connectivity index (χ0n) is 15.2. The molecular weight excluding hydrogens is 395 g/mol. The molecule has 7 heteroatoms. The second kappa shape index (κ2) is 6.74. The van der Waals surface area contributed by atoms with Crippen molar-refractivity contribution in [2.24, 2.45) is 0 Å². The largest absolute Gasteiger partial charge is 0.454 e. The zero-order chi connectivity index (χ0) is 20.0. The van der Waals surface area contributed by atoms with Gasteiger partial charge in [0.25, 0.3) is 0 Å². The third-order valence-electron chi connectivity index (χ3n) is 5.32. The fourth-order valence-electron chi connectivity index (χ4n) is 3.52. The van der Waals surface area contributed by atoms with Gasteiger partial charge in [-0.05, 0) is 60.9 Å². The minimum atomic E-state index is -0.585. The number of amides is 1. The molecule has 0 bridgehead atoms. The summed E-state index contributed by atoms with van der Waals surface area (Å²) in [6, 6.07) is 15.3. The summed E-state index contributed by atoms with van der Waals surface area (Å²) >= 11 is 5.87. The van der Waals surface area contributed by atoms with Crippen molar-refractivity contribution in [2.45, 2.75) is 18.3 Å². The van der Waals surface area contributed by atoms with Crippen molar-refractivity contribution in [2.75, 3.05) is 12.1 Å². The zero-order valence-corrected chi connectivity index (χ0v) is 16.0. The maximum absolute atomic E-state index is 13.4. The molecule has 0 spiro atoms. The Morgan fingerprint density at radius 2 is 1.90 bits per heavy atom. The molecule has 5 nitrogen and oxygen atoms in total. The van der Waals surface area contributed by atoms with E-state index in [2.05, 4.69) is 10.3 Å². The Hall–Kier alpha value is -3.12. The highest BCUT2D eigenvalue weighted by Crippen LogP contribution is 2.51. The lowest BCUT2D eigenvalue weighted by Crippen LogP contribution is -2.28. The van der Waals surface area contributed by atoms with Gasteiger partial charge in [-0.3, -0.25) is 4.79 Å². The van der Waals surface area contributed by atoms with E-state index in [-0.39, 0.29) is 17.7 Å². The van der Waals surface area contributed by atoms with Gasteiger partial charge in [0.15, 0.2) is 11.5 Å². The fourth-order valence-corrected chi connectivity index (χ4v) is 3.70. The van der Waals surface area contributed by atoms with Gasteiger partial charge in [-0.1, -0.05) is 23.7 Å². The number of anilines is 1. The number of hydrogen-bond donors (Lipinski definition) is 1. The Balaban J connectivity index is 1.39. The Kier molecular flexibility index (Phi) is 4.17. The van der Waals surface area contributed by atoms with Crippen molar-refractivity contribution in [3.05, 3.63) is 71.0 Å². The maximum Gasteiger partial charge on any atom is 0.236 e. The van der Waals surface area contributed by atoms with E-state index in [1.165, 1.54) is 12.1 Å². The third-order valence-corrected chi connectivity index (χ3v) is 5.61. The van der Waals surface area contributed by atoms with E-state index >= 15 is 0 Å². The van der Waals surface area contributed by atoms with Crippen LogP contribution in [-0.4, -0.2) is 17.7 Å². The molecule has 2 heterocycles. The number of nitrogens with zero attached hydrogens (tertiary/aromatic N) is 1. The first-order valence-corrected chi connectivity index (χ1v) is 9.57. The lowest BCUT2D eigenvalue weighted by molar-refractivity contribution is -0.118. The van der Waals surface area contributed by atoms with Crippen LogP contribution < -0.4 is 14.8 Å². The van der Waals surface area contributed by atoms with Crippen LogP contribution in [0.3, 0.4) is 0 Å². The summed E-state index contributed by atoms with van der Waals surface area (Å²) in [6.07, 6.45) is 1.51. The number of fused-ring (bicyclic) bond motifs is 1. The molecule has 1 saturated carbocycles. The van der Waals surface area contributed by atoms with Crippen molar-refractivity contribution < 1.29 is 18.7 Å². The van der Waals surface area contributed by atoms with Gasteiger partial charge in [0.1, 0.15) is 11.6 Å². The van der Waals surface area contributed by atoms with Gasteiger partial charge in [-0.25, -0.2) is 9.37 Å². The number of aromatic nitrogens is 1. The second-order valence-corrected chi connectivity index (χ2v) is 7.55. The van der Waals surface area contributed by atoms with Crippen molar-refractivity contribution >= 4 is 23.3 Å². The lowest BCUT2D eigenvalue weighted by atomic mass is 9.94. The molecule has 1 N–H and O–H groups in total. The molecule has 2 aliphatic rings. The smallest absolute Gasteiger partial charge is 0.236 e. The molecule has 0 atom stereocenters. The number of benzene rings is 2. The molecule has 3 aromatic rings. The molecule has 1 aromatic heterocycles. The summed E-state index contributed by atoms with van der Waals surface area (Å²) in [7, 11) is 0. The summed E-state index contributed by atoms with van der Waals surface area (Å²) in [4.78, 5) is 17.5. The molecule has 5 rings (SSSR count). The van der Waals surface area contributed by atoms with E-state index in [0.29, 0.717) is 28.6 Å². The van der Waals surface area contributed by atoms with Crippen LogP contribution in [0.1, 0.15) is 18.4 Å². The van der Waals surface area contributed by atoms with Gasteiger partial charge in [0, 0.05) is 5.56 Å². The standard InChI is InChI=1S/C22H16ClFN2O3/c23-15-10-13(4-6-16(15)24)17-2-1-3-20(25-17)26-21(27)22(8-9-22)14-5-7-18-19(11-14)29-12-28-18/h1-7,10-11H,8-9,12H2,(H,25,26,27). The van der Waals surface area contributed by atoms with E-state index in [0.717, 1.165) is 18.4 Å². The van der Waals surface area contributed by atoms with Crippen molar-refractivity contribution in [1.29, 1.82) is 0 Å². The van der Waals surface area contributed by atoms with Crippen LogP contribution in [-0.2, 0) is 10.2 Å². The van der Waals surface area contributed by atoms with Crippen LogP contribution in [0.15, 0.2) is 54.6 Å². The Bertz CT molecular complexity index is 1130. The minimum Gasteiger partial charge on any atom is -0.454 e. The van der Waals surface area contributed by atoms with E-state index < -0.39 is 11.2 Å². The van der Waals surface area contributed by atoms with E-state index in [1.54, 1.807) is 24.3 Å². The SMILES string of the molecule is O=C(Nc1cccc(-c2ccc(F)c(Cl)c2)n1)C1(c2ccc3c(c2)OCO3)CC1. The van der Waals surface area contributed by atoms with Gasteiger partial charge in [0.05, 0.1) is 16.1 Å². The fraction of sp³-hybridized carbons (Fsp3) is 0.182. The van der Waals surface area contributed by atoms with Gasteiger partial charge in [-0.2, -0.15) is 0 Å². The molecule has 0 saturated heterocycles. The summed E-state index contributed by atoms with van der Waals surface area (Å²) in [5, 5.41) is 2.94. The molecule has 29 heavy (non-hydrogen) atoms. The van der Waals surface area contributed by atoms with Crippen molar-refractivity contribution in [3.8, 4) is 22.8 Å². The number of carbonyl (C=O) groups is 1. The van der Waals surface area contributed by atoms with Gasteiger partial charge >= 0.3 is 0 Å². The molecular formula is C22H16ClFN2O3. The number of ether oxygens (including phenoxy) is 2. The highest BCUT2D eigenvalue weighted by atomic mass is 35.5. The topological polar surface area (TPSA) is 60.5 Å². The highest BCUT2D eigenvalue weighted by molar-refractivity contribution is 6.31. The molecule has 1 amide bonds. The summed E-state index contributed by atoms with van der Waals surface area (Å²) < 4.78 is 24.2. The van der Waals surface area contributed by atoms with E-state index in [9.17, 15) is 9.18 Å². The van der Waals surface area contributed by atoms with Crippen LogP contribution in [0.2, 0.25) is 5.02 Å². The molecule has 146 valence electrons. The summed E-state index contributed by atoms with van der Waals surface area (Å²) in [6.45, 7) is 0.197. The molecule has 0 unspecified atom stereocenters. The average molecular weight is 411 g/mol. The second-order valence-electron chi connectivity index (χ2n) is 7.14. The number of carbonyl (C=O) groups excluding carboxylic acids is 1. The third kappa shape index (κ3) is 3.19. The monoisotopic (exact) mass is 410 g/mol. The van der Waals surface area contributed by atoms with Gasteiger partial charge in [0.2, 0.25) is 12.7 Å². The summed E-state index contributed by atoms with van der Waals surface area (Å²) in [5.74, 6) is 1.18. The van der Waals surface area contributed by atoms with Gasteiger partial charge in [-0.15, -0.1) is 0 Å². The Morgan fingerprint density at radius 3 is 2.69 bits per heavy atom. The summed E-state index contributed by atoms with van der Waals surface area (Å²) in [5.41, 5.74) is 1.58. The quantitative estimate of drug-likeness (QED) is 0.661. The number of nitrogens with one attached hydrogen (secondary N) is 1. The molecule has 1 fully saturated rings. The lowest BCUT2D eigenvalue weighted by Gasteiger charge is -2.16. The maximum atomic E-state index is 13.4. The van der Waals surface area contributed by atoms with Crippen LogP contribution >= 0.6 is 11.6 Å². The van der Waals surface area contributed by atoms with Crippen LogP contribution in [0.5, 0.6) is 11.5 Å². The van der Waals surface area contributed by atoms with Crippen LogP contribution in [0.4, 0.5) is 10.2 Å². The number of rotatable bonds is 4. The minimum absolute atomic E-state index is 0.0264. The molecule has 2 aromatic carbocycles. The number of hydrogen-bond acceptors (Lipinski definition) is 4. The molecule has 1 aliphatic heterocycles.